The molecule has 9 nitrogen and oxygen atoms in total. The van der Waals surface area contributed by atoms with Gasteiger partial charge in [-0.1, -0.05) is 41.4 Å². The first-order valence-electron chi connectivity index (χ1n) is 12.7. The Balaban J connectivity index is 1.11. The smallest absolute Gasteiger partial charge is 0.227 e. The Bertz CT molecular complexity index is 1490. The number of carbonyl (C=O) groups is 1. The molecule has 9 heteroatoms. The zero-order valence-electron chi connectivity index (χ0n) is 20.2. The lowest BCUT2D eigenvalue weighted by Crippen LogP contribution is -2.32. The number of fused-ring (bicyclic) bond motifs is 2. The summed E-state index contributed by atoms with van der Waals surface area (Å²) in [7, 11) is 0. The standard InChI is InChI=1S/C27H29N7O2/c35-26(33-14-5-1-2-6-15-33)13-16-34-24-11-9-19(17-23(24)30-32-34)27-29-25(36-31-27)12-10-20-18-28-22-8-4-3-7-21(20)22/h3-4,7-9,11,17-18,28H,1-2,5-6,10,12-16H2. The number of nitrogens with one attached hydrogen (secondary N) is 1. The molecular formula is C27H29N7O2. The number of likely N-dealkylation sites (tertiary alicyclic amines) is 1. The van der Waals surface area contributed by atoms with Gasteiger partial charge in [-0.3, -0.25) is 4.79 Å². The summed E-state index contributed by atoms with van der Waals surface area (Å²) in [5.41, 5.74) is 4.84. The first-order chi connectivity index (χ1) is 17.7. The maximum Gasteiger partial charge on any atom is 0.227 e. The summed E-state index contributed by atoms with van der Waals surface area (Å²) < 4.78 is 7.33. The Hall–Kier alpha value is -4.01. The van der Waals surface area contributed by atoms with E-state index in [0.29, 0.717) is 31.1 Å². The Morgan fingerprint density at radius 3 is 2.78 bits per heavy atom. The third kappa shape index (κ3) is 4.60. The predicted molar refractivity (Wildman–Crippen MR) is 136 cm³/mol. The molecule has 1 saturated heterocycles. The van der Waals surface area contributed by atoms with Crippen LogP contribution in [0.15, 0.2) is 53.2 Å². The number of carbonyl (C=O) groups excluding carboxylic acids is 1. The Labute approximate surface area is 208 Å². The highest BCUT2D eigenvalue weighted by molar-refractivity contribution is 5.83. The van der Waals surface area contributed by atoms with Crippen LogP contribution in [0.5, 0.6) is 0 Å². The number of benzene rings is 2. The number of aromatic nitrogens is 6. The molecule has 0 radical (unpaired) electrons. The number of para-hydroxylation sites is 1. The summed E-state index contributed by atoms with van der Waals surface area (Å²) in [6, 6.07) is 14.1. The molecule has 1 N–H and O–H groups in total. The van der Waals surface area contributed by atoms with Gasteiger partial charge in [0.05, 0.1) is 12.1 Å². The normalized spacial score (nSPS) is 14.5. The molecule has 1 fully saturated rings. The van der Waals surface area contributed by atoms with Crippen molar-refractivity contribution in [2.75, 3.05) is 13.1 Å². The van der Waals surface area contributed by atoms with Crippen molar-refractivity contribution >= 4 is 27.8 Å². The number of rotatable bonds is 7. The van der Waals surface area contributed by atoms with Crippen molar-refractivity contribution in [3.8, 4) is 11.4 Å². The van der Waals surface area contributed by atoms with Gasteiger partial charge in [-0.25, -0.2) is 4.68 Å². The van der Waals surface area contributed by atoms with Crippen LogP contribution in [0, 0.1) is 0 Å². The van der Waals surface area contributed by atoms with E-state index < -0.39 is 0 Å². The van der Waals surface area contributed by atoms with Crippen LogP contribution < -0.4 is 0 Å². The van der Waals surface area contributed by atoms with Gasteiger partial charge < -0.3 is 14.4 Å². The van der Waals surface area contributed by atoms with Crippen molar-refractivity contribution in [3.63, 3.8) is 0 Å². The van der Waals surface area contributed by atoms with Crippen molar-refractivity contribution in [2.24, 2.45) is 0 Å². The van der Waals surface area contributed by atoms with Gasteiger partial charge in [0.15, 0.2) is 0 Å². The van der Waals surface area contributed by atoms with E-state index in [0.717, 1.165) is 54.5 Å². The fraction of sp³-hybridized carbons (Fsp3) is 0.370. The van der Waals surface area contributed by atoms with Crippen LogP contribution in [0.4, 0.5) is 0 Å². The van der Waals surface area contributed by atoms with Gasteiger partial charge in [-0.2, -0.15) is 4.98 Å². The average molecular weight is 484 g/mol. The quantitative estimate of drug-likeness (QED) is 0.364. The maximum atomic E-state index is 12.7. The summed E-state index contributed by atoms with van der Waals surface area (Å²) >= 11 is 0. The molecule has 0 unspecified atom stereocenters. The molecule has 0 spiro atoms. The van der Waals surface area contributed by atoms with Crippen molar-refractivity contribution in [2.45, 2.75) is 51.5 Å². The van der Waals surface area contributed by atoms with Crippen LogP contribution in [0.3, 0.4) is 0 Å². The van der Waals surface area contributed by atoms with E-state index in [1.165, 1.54) is 23.8 Å². The topological polar surface area (TPSA) is 106 Å². The highest BCUT2D eigenvalue weighted by Crippen LogP contribution is 2.23. The number of H-pyrrole nitrogens is 1. The number of nitrogens with zero attached hydrogens (tertiary/aromatic N) is 6. The van der Waals surface area contributed by atoms with Crippen LogP contribution in [0.1, 0.15) is 43.6 Å². The molecule has 4 heterocycles. The fourth-order valence-electron chi connectivity index (χ4n) is 5.01. The maximum absolute atomic E-state index is 12.7. The van der Waals surface area contributed by atoms with E-state index in [1.807, 2.05) is 41.4 Å². The third-order valence-corrected chi connectivity index (χ3v) is 7.02. The summed E-state index contributed by atoms with van der Waals surface area (Å²) in [5, 5.41) is 14.0. The van der Waals surface area contributed by atoms with E-state index in [2.05, 4.69) is 37.6 Å². The number of hydrogen-bond donors (Lipinski definition) is 1. The molecule has 3 aromatic heterocycles. The number of aromatic amines is 1. The molecule has 0 atom stereocenters. The van der Waals surface area contributed by atoms with E-state index in [-0.39, 0.29) is 5.91 Å². The summed E-state index contributed by atoms with van der Waals surface area (Å²) in [4.78, 5) is 22.6. The molecule has 5 aromatic rings. The molecular weight excluding hydrogens is 454 g/mol. The Morgan fingerprint density at radius 1 is 1.03 bits per heavy atom. The van der Waals surface area contributed by atoms with Gasteiger partial charge in [0, 0.05) is 48.6 Å². The first-order valence-corrected chi connectivity index (χ1v) is 12.7. The predicted octanol–water partition coefficient (Wildman–Crippen LogP) is 4.54. The van der Waals surface area contributed by atoms with Gasteiger partial charge in [0.25, 0.3) is 0 Å². The number of amides is 1. The van der Waals surface area contributed by atoms with E-state index in [9.17, 15) is 4.79 Å². The van der Waals surface area contributed by atoms with Crippen molar-refractivity contribution in [1.29, 1.82) is 0 Å². The second-order valence-electron chi connectivity index (χ2n) is 9.43. The Kier molecular flexibility index (Phi) is 6.19. The van der Waals surface area contributed by atoms with Crippen LogP contribution in [0.25, 0.3) is 33.3 Å². The largest absolute Gasteiger partial charge is 0.361 e. The second-order valence-corrected chi connectivity index (χ2v) is 9.43. The summed E-state index contributed by atoms with van der Waals surface area (Å²) in [6.07, 6.45) is 8.58. The number of hydrogen-bond acceptors (Lipinski definition) is 6. The van der Waals surface area contributed by atoms with Gasteiger partial charge in [-0.15, -0.1) is 5.10 Å². The highest BCUT2D eigenvalue weighted by Gasteiger charge is 2.17. The van der Waals surface area contributed by atoms with E-state index >= 15 is 0 Å². The average Bonchev–Trinajstić information content (AvgIpc) is 3.59. The van der Waals surface area contributed by atoms with Crippen LogP contribution in [-0.2, 0) is 24.2 Å². The SMILES string of the molecule is O=C(CCn1nnc2cc(-c3noc(CCc4c[nH]c5ccccc45)n3)ccc21)N1CCCCCC1. The fourth-order valence-corrected chi connectivity index (χ4v) is 5.01. The molecule has 0 aliphatic carbocycles. The molecule has 1 aliphatic rings. The van der Waals surface area contributed by atoms with Crippen LogP contribution in [0.2, 0.25) is 0 Å². The highest BCUT2D eigenvalue weighted by atomic mass is 16.5. The first kappa shape index (κ1) is 22.5. The zero-order chi connectivity index (χ0) is 24.3. The van der Waals surface area contributed by atoms with Gasteiger partial charge in [0.1, 0.15) is 5.52 Å². The third-order valence-electron chi connectivity index (χ3n) is 7.02. The van der Waals surface area contributed by atoms with Crippen molar-refractivity contribution in [1.82, 2.24) is 35.0 Å². The minimum Gasteiger partial charge on any atom is -0.361 e. The molecule has 0 bridgehead atoms. The minimum atomic E-state index is 0.198. The molecule has 1 aliphatic heterocycles. The zero-order valence-corrected chi connectivity index (χ0v) is 20.2. The lowest BCUT2D eigenvalue weighted by Gasteiger charge is -2.20. The van der Waals surface area contributed by atoms with Crippen molar-refractivity contribution in [3.05, 3.63) is 60.1 Å². The van der Waals surface area contributed by atoms with Gasteiger partial charge >= 0.3 is 0 Å². The number of aryl methyl sites for hydroxylation is 3. The van der Waals surface area contributed by atoms with Crippen LogP contribution >= 0.6 is 0 Å². The molecule has 6 rings (SSSR count). The lowest BCUT2D eigenvalue weighted by atomic mass is 10.1. The minimum absolute atomic E-state index is 0.198. The van der Waals surface area contributed by atoms with Gasteiger partial charge in [-0.05, 0) is 49.1 Å². The molecule has 184 valence electrons. The lowest BCUT2D eigenvalue weighted by molar-refractivity contribution is -0.131. The van der Waals surface area contributed by atoms with E-state index in [1.54, 1.807) is 4.68 Å². The molecule has 0 saturated carbocycles. The summed E-state index contributed by atoms with van der Waals surface area (Å²) in [5.74, 6) is 1.34. The monoisotopic (exact) mass is 483 g/mol. The van der Waals surface area contributed by atoms with Crippen molar-refractivity contribution < 1.29 is 9.32 Å². The molecule has 1 amide bonds. The Morgan fingerprint density at radius 2 is 1.89 bits per heavy atom. The summed E-state index contributed by atoms with van der Waals surface area (Å²) in [6.45, 7) is 2.26. The molecule has 2 aromatic carbocycles. The molecule has 36 heavy (non-hydrogen) atoms. The van der Waals surface area contributed by atoms with E-state index in [4.69, 9.17) is 4.52 Å². The van der Waals surface area contributed by atoms with Gasteiger partial charge in [0.2, 0.25) is 17.6 Å². The van der Waals surface area contributed by atoms with Crippen LogP contribution in [-0.4, -0.2) is 54.0 Å². The second kappa shape index (κ2) is 9.93.